The van der Waals surface area contributed by atoms with Crippen molar-refractivity contribution >= 4 is 16.5 Å². The Morgan fingerprint density at radius 3 is 2.33 bits per heavy atom. The quantitative estimate of drug-likeness (QED) is 0.861. The smallest absolute Gasteiger partial charge is 0.186 e. The number of thiazole rings is 1. The largest absolute Gasteiger partial charge is 0.388 e. The summed E-state index contributed by atoms with van der Waals surface area (Å²) in [6, 6.07) is 0.447. The van der Waals surface area contributed by atoms with Crippen molar-refractivity contribution in [3.05, 3.63) is 10.6 Å². The number of aliphatic hydroxyl groups is 1. The molecule has 1 atom stereocenters. The molecule has 0 saturated heterocycles. The summed E-state index contributed by atoms with van der Waals surface area (Å²) in [7, 11) is 0. The van der Waals surface area contributed by atoms with E-state index < -0.39 is 6.10 Å². The van der Waals surface area contributed by atoms with Gasteiger partial charge in [-0.15, -0.1) is 0 Å². The van der Waals surface area contributed by atoms with Crippen LogP contribution in [0.4, 0.5) is 5.13 Å². The molecule has 1 unspecified atom stereocenters. The monoisotopic (exact) mass is 228 g/mol. The molecule has 1 aromatic rings. The van der Waals surface area contributed by atoms with Gasteiger partial charge in [-0.05, 0) is 34.6 Å². The first kappa shape index (κ1) is 12.5. The lowest BCUT2D eigenvalue weighted by Gasteiger charge is -2.24. The Labute approximate surface area is 95.8 Å². The maximum absolute atomic E-state index is 9.56. The van der Waals surface area contributed by atoms with Gasteiger partial charge in [-0.25, -0.2) is 4.98 Å². The molecule has 0 aliphatic heterocycles. The van der Waals surface area contributed by atoms with Gasteiger partial charge in [0.25, 0.3) is 0 Å². The Hall–Kier alpha value is -0.610. The van der Waals surface area contributed by atoms with Crippen molar-refractivity contribution in [3.8, 4) is 0 Å². The number of rotatable bonds is 4. The maximum Gasteiger partial charge on any atom is 0.186 e. The fraction of sp³-hybridized carbons (Fsp3) is 0.727. The molecule has 1 aromatic heterocycles. The highest BCUT2D eigenvalue weighted by atomic mass is 32.1. The molecule has 0 saturated carbocycles. The Kier molecular flexibility index (Phi) is 4.11. The molecule has 0 spiro atoms. The van der Waals surface area contributed by atoms with Crippen LogP contribution in [0, 0.1) is 6.92 Å². The van der Waals surface area contributed by atoms with Crippen LogP contribution in [0.1, 0.15) is 44.4 Å². The van der Waals surface area contributed by atoms with Crippen molar-refractivity contribution in [2.45, 2.75) is 46.8 Å². The minimum absolute atomic E-state index is 0.415. The van der Waals surface area contributed by atoms with Crippen LogP contribution in [0.3, 0.4) is 0 Å². The van der Waals surface area contributed by atoms with Crippen LogP contribution in [0.25, 0.3) is 0 Å². The molecule has 0 aliphatic rings. The van der Waals surface area contributed by atoms with Crippen LogP contribution in [0.5, 0.6) is 0 Å². The van der Waals surface area contributed by atoms with Gasteiger partial charge in [0.1, 0.15) is 0 Å². The van der Waals surface area contributed by atoms with E-state index in [0.29, 0.717) is 6.04 Å². The molecule has 4 heteroatoms. The predicted octanol–water partition coefficient (Wildman–Crippen LogP) is 2.74. The third kappa shape index (κ3) is 2.69. The second kappa shape index (κ2) is 4.94. The van der Waals surface area contributed by atoms with E-state index in [1.165, 1.54) is 0 Å². The molecule has 3 nitrogen and oxygen atoms in total. The molecule has 0 bridgehead atoms. The molecular weight excluding hydrogens is 208 g/mol. The van der Waals surface area contributed by atoms with E-state index >= 15 is 0 Å². The van der Waals surface area contributed by atoms with E-state index in [1.54, 1.807) is 18.3 Å². The molecule has 0 amide bonds. The van der Waals surface area contributed by atoms with Crippen molar-refractivity contribution in [2.24, 2.45) is 0 Å². The Balaban J connectivity index is 3.00. The van der Waals surface area contributed by atoms with Crippen molar-refractivity contribution in [3.63, 3.8) is 0 Å². The molecule has 1 N–H and O–H groups in total. The molecule has 0 radical (unpaired) electrons. The lowest BCUT2D eigenvalue weighted by molar-refractivity contribution is 0.202. The zero-order valence-electron chi connectivity index (χ0n) is 10.1. The zero-order chi connectivity index (χ0) is 11.6. The Morgan fingerprint density at radius 2 is 2.00 bits per heavy atom. The maximum atomic E-state index is 9.56. The van der Waals surface area contributed by atoms with Crippen molar-refractivity contribution in [1.82, 2.24) is 4.98 Å². The van der Waals surface area contributed by atoms with E-state index in [1.807, 2.05) is 6.92 Å². The highest BCUT2D eigenvalue weighted by Gasteiger charge is 2.17. The summed E-state index contributed by atoms with van der Waals surface area (Å²) in [6.45, 7) is 11.1. The van der Waals surface area contributed by atoms with Crippen molar-refractivity contribution in [2.75, 3.05) is 11.4 Å². The van der Waals surface area contributed by atoms with E-state index in [4.69, 9.17) is 0 Å². The first-order valence-electron chi connectivity index (χ1n) is 5.39. The van der Waals surface area contributed by atoms with Crippen LogP contribution >= 0.6 is 11.3 Å². The topological polar surface area (TPSA) is 36.4 Å². The van der Waals surface area contributed by atoms with Gasteiger partial charge >= 0.3 is 0 Å². The Morgan fingerprint density at radius 1 is 1.40 bits per heavy atom. The van der Waals surface area contributed by atoms with Gasteiger partial charge in [0.15, 0.2) is 5.13 Å². The molecule has 86 valence electrons. The second-order valence-electron chi connectivity index (χ2n) is 4.00. The first-order chi connectivity index (χ1) is 6.97. The molecule has 0 fully saturated rings. The fourth-order valence-electron chi connectivity index (χ4n) is 1.63. The van der Waals surface area contributed by atoms with Crippen molar-refractivity contribution in [1.29, 1.82) is 0 Å². The summed E-state index contributed by atoms with van der Waals surface area (Å²) < 4.78 is 0. The van der Waals surface area contributed by atoms with E-state index in [9.17, 15) is 5.11 Å². The summed E-state index contributed by atoms with van der Waals surface area (Å²) in [5.41, 5.74) is 0.948. The average molecular weight is 228 g/mol. The van der Waals surface area contributed by atoms with Gasteiger partial charge in [0.05, 0.1) is 16.7 Å². The molecule has 15 heavy (non-hydrogen) atoms. The first-order valence-corrected chi connectivity index (χ1v) is 6.21. The lowest BCUT2D eigenvalue weighted by atomic mass is 10.3. The Bertz CT molecular complexity index is 320. The number of hydrogen-bond acceptors (Lipinski definition) is 4. The third-order valence-electron chi connectivity index (χ3n) is 2.41. The summed E-state index contributed by atoms with van der Waals surface area (Å²) in [5.74, 6) is 0. The van der Waals surface area contributed by atoms with E-state index in [0.717, 1.165) is 22.2 Å². The summed E-state index contributed by atoms with van der Waals surface area (Å²) in [4.78, 5) is 7.72. The minimum atomic E-state index is -0.415. The van der Waals surface area contributed by atoms with Gasteiger partial charge in [-0.3, -0.25) is 0 Å². The van der Waals surface area contributed by atoms with Gasteiger partial charge in [0.2, 0.25) is 0 Å². The van der Waals surface area contributed by atoms with Crippen LogP contribution < -0.4 is 4.90 Å². The summed E-state index contributed by atoms with van der Waals surface area (Å²) in [6.07, 6.45) is -0.415. The normalized spacial score (nSPS) is 13.3. The van der Waals surface area contributed by atoms with Gasteiger partial charge in [0, 0.05) is 12.6 Å². The van der Waals surface area contributed by atoms with Gasteiger partial charge in [-0.1, -0.05) is 11.3 Å². The SMILES string of the molecule is CCN(c1nc(C)c(C(C)O)s1)C(C)C. The number of nitrogens with zero attached hydrogens (tertiary/aromatic N) is 2. The number of aliphatic hydroxyl groups excluding tert-OH is 1. The van der Waals surface area contributed by atoms with E-state index in [2.05, 4.69) is 30.7 Å². The zero-order valence-corrected chi connectivity index (χ0v) is 10.9. The van der Waals surface area contributed by atoms with Crippen molar-refractivity contribution < 1.29 is 5.11 Å². The number of aryl methyl sites for hydroxylation is 1. The number of hydrogen-bond donors (Lipinski definition) is 1. The average Bonchev–Trinajstić information content (AvgIpc) is 2.48. The van der Waals surface area contributed by atoms with Crippen LogP contribution in [-0.4, -0.2) is 22.7 Å². The standard InChI is InChI=1S/C11H20N2OS/c1-6-13(7(2)3)11-12-8(4)10(15-11)9(5)14/h7,9,14H,6H2,1-5H3. The van der Waals surface area contributed by atoms with Gasteiger partial charge in [-0.2, -0.15) is 0 Å². The lowest BCUT2D eigenvalue weighted by Crippen LogP contribution is -2.30. The van der Waals surface area contributed by atoms with Crippen LogP contribution in [0.2, 0.25) is 0 Å². The van der Waals surface area contributed by atoms with Gasteiger partial charge < -0.3 is 10.0 Å². The molecular formula is C11H20N2OS. The van der Waals surface area contributed by atoms with E-state index in [-0.39, 0.29) is 0 Å². The summed E-state index contributed by atoms with van der Waals surface area (Å²) >= 11 is 1.59. The van der Waals surface area contributed by atoms with Crippen LogP contribution in [-0.2, 0) is 0 Å². The third-order valence-corrected chi connectivity index (χ3v) is 3.78. The second-order valence-corrected chi connectivity index (χ2v) is 5.01. The molecule has 1 rings (SSSR count). The van der Waals surface area contributed by atoms with Crippen LogP contribution in [0.15, 0.2) is 0 Å². The molecule has 0 aromatic carbocycles. The fourth-order valence-corrected chi connectivity index (χ4v) is 2.83. The number of anilines is 1. The highest BCUT2D eigenvalue weighted by Crippen LogP contribution is 2.31. The minimum Gasteiger partial charge on any atom is -0.388 e. The highest BCUT2D eigenvalue weighted by molar-refractivity contribution is 7.15. The number of aromatic nitrogens is 1. The molecule has 0 aliphatic carbocycles. The predicted molar refractivity (Wildman–Crippen MR) is 65.6 cm³/mol. The molecule has 1 heterocycles. The summed E-state index contributed by atoms with van der Waals surface area (Å²) in [5, 5.41) is 10.6.